The fourth-order valence-electron chi connectivity index (χ4n) is 2.97. The molecule has 0 radical (unpaired) electrons. The van der Waals surface area contributed by atoms with Crippen LogP contribution in [0.4, 0.5) is 0 Å². The first-order chi connectivity index (χ1) is 11.2. The molecule has 1 N–H and O–H groups in total. The summed E-state index contributed by atoms with van der Waals surface area (Å²) >= 11 is 1.71. The lowest BCUT2D eigenvalue weighted by atomic mass is 9.92. The molecule has 3 heterocycles. The molecule has 1 amide bonds. The number of hydrogen-bond acceptors (Lipinski definition) is 6. The smallest absolute Gasteiger partial charge is 0.217 e. The van der Waals surface area contributed by atoms with Crippen molar-refractivity contribution in [1.29, 1.82) is 0 Å². The van der Waals surface area contributed by atoms with E-state index in [-0.39, 0.29) is 5.91 Å². The van der Waals surface area contributed by atoms with Crippen LogP contribution in [0.15, 0.2) is 24.1 Å². The quantitative estimate of drug-likeness (QED) is 0.907. The second kappa shape index (κ2) is 7.61. The minimum absolute atomic E-state index is 0.0408. The third kappa shape index (κ3) is 4.33. The van der Waals surface area contributed by atoms with Crippen molar-refractivity contribution in [2.24, 2.45) is 0 Å². The van der Waals surface area contributed by atoms with Crippen LogP contribution in [0.3, 0.4) is 0 Å². The van der Waals surface area contributed by atoms with Crippen LogP contribution in [0, 0.1) is 0 Å². The van der Waals surface area contributed by atoms with Crippen molar-refractivity contribution >= 4 is 17.2 Å². The molecule has 23 heavy (non-hydrogen) atoms. The van der Waals surface area contributed by atoms with Crippen molar-refractivity contribution in [1.82, 2.24) is 25.2 Å². The Hall–Kier alpha value is -1.86. The topological polar surface area (TPSA) is 71.0 Å². The van der Waals surface area contributed by atoms with E-state index in [1.165, 1.54) is 11.8 Å². The van der Waals surface area contributed by atoms with Crippen LogP contribution in [0.25, 0.3) is 0 Å². The van der Waals surface area contributed by atoms with E-state index in [2.05, 4.69) is 25.2 Å². The summed E-state index contributed by atoms with van der Waals surface area (Å²) in [5.41, 5.74) is 3.82. The van der Waals surface area contributed by atoms with Gasteiger partial charge in [-0.3, -0.25) is 24.6 Å². The van der Waals surface area contributed by atoms with Gasteiger partial charge in [-0.15, -0.1) is 11.3 Å². The molecule has 0 saturated carbocycles. The van der Waals surface area contributed by atoms with E-state index >= 15 is 0 Å². The fourth-order valence-corrected chi connectivity index (χ4v) is 3.60. The van der Waals surface area contributed by atoms with Gasteiger partial charge in [-0.05, 0) is 25.9 Å². The van der Waals surface area contributed by atoms with Gasteiger partial charge in [0.05, 0.1) is 23.4 Å². The van der Waals surface area contributed by atoms with Crippen LogP contribution in [-0.4, -0.2) is 38.8 Å². The summed E-state index contributed by atoms with van der Waals surface area (Å²) in [5.74, 6) is 0.381. The predicted octanol–water partition coefficient (Wildman–Crippen LogP) is 1.95. The Labute approximate surface area is 140 Å². The van der Waals surface area contributed by atoms with Crippen LogP contribution in [0.2, 0.25) is 0 Å². The van der Waals surface area contributed by atoms with Crippen LogP contribution >= 0.6 is 11.3 Å². The molecule has 0 aromatic carbocycles. The van der Waals surface area contributed by atoms with Gasteiger partial charge in [0.1, 0.15) is 0 Å². The summed E-state index contributed by atoms with van der Waals surface area (Å²) in [4.78, 5) is 28.0. The molecule has 0 atom stereocenters. The Kier molecular flexibility index (Phi) is 5.30. The number of nitrogens with zero attached hydrogens (tertiary/aromatic N) is 4. The minimum Gasteiger partial charge on any atom is -0.351 e. The maximum atomic E-state index is 11.1. The van der Waals surface area contributed by atoms with Crippen molar-refractivity contribution in [3.05, 3.63) is 40.4 Å². The van der Waals surface area contributed by atoms with E-state index in [0.717, 1.165) is 43.9 Å². The first-order valence-electron chi connectivity index (χ1n) is 7.86. The molecule has 0 aliphatic carbocycles. The number of thiazole rings is 1. The third-order valence-corrected chi connectivity index (χ3v) is 4.91. The summed E-state index contributed by atoms with van der Waals surface area (Å²) in [6, 6.07) is 0. The molecule has 0 unspecified atom stereocenters. The Morgan fingerprint density at radius 3 is 2.83 bits per heavy atom. The van der Waals surface area contributed by atoms with Crippen molar-refractivity contribution in [2.75, 3.05) is 13.1 Å². The number of carbonyl (C=O) groups excluding carboxylic acids is 1. The zero-order valence-electron chi connectivity index (χ0n) is 13.2. The Morgan fingerprint density at radius 2 is 2.13 bits per heavy atom. The maximum Gasteiger partial charge on any atom is 0.217 e. The van der Waals surface area contributed by atoms with E-state index in [0.29, 0.717) is 12.5 Å². The lowest BCUT2D eigenvalue weighted by Gasteiger charge is -2.31. The van der Waals surface area contributed by atoms with Gasteiger partial charge in [-0.25, -0.2) is 0 Å². The highest BCUT2D eigenvalue weighted by molar-refractivity contribution is 7.09. The number of piperidine rings is 1. The van der Waals surface area contributed by atoms with Crippen molar-refractivity contribution in [2.45, 2.75) is 38.8 Å². The zero-order chi connectivity index (χ0) is 16.1. The number of likely N-dealkylation sites (tertiary alicyclic amines) is 1. The summed E-state index contributed by atoms with van der Waals surface area (Å²) in [6.07, 6.45) is 7.54. The molecule has 7 heteroatoms. The van der Waals surface area contributed by atoms with Gasteiger partial charge in [-0.1, -0.05) is 0 Å². The van der Waals surface area contributed by atoms with Gasteiger partial charge in [0.15, 0.2) is 0 Å². The molecule has 2 aromatic heterocycles. The number of amides is 1. The zero-order valence-corrected chi connectivity index (χ0v) is 14.1. The second-order valence-corrected chi connectivity index (χ2v) is 6.79. The van der Waals surface area contributed by atoms with Crippen molar-refractivity contribution in [3.8, 4) is 0 Å². The van der Waals surface area contributed by atoms with E-state index in [9.17, 15) is 4.79 Å². The molecule has 2 aromatic rings. The van der Waals surface area contributed by atoms with Crippen molar-refractivity contribution < 1.29 is 4.79 Å². The molecule has 6 nitrogen and oxygen atoms in total. The third-order valence-electron chi connectivity index (χ3n) is 4.15. The Balaban J connectivity index is 1.60. The van der Waals surface area contributed by atoms with Gasteiger partial charge in [0.25, 0.3) is 0 Å². The Bertz CT molecular complexity index is 638. The second-order valence-electron chi connectivity index (χ2n) is 5.82. The first kappa shape index (κ1) is 16.0. The highest BCUT2D eigenvalue weighted by Gasteiger charge is 2.24. The lowest BCUT2D eigenvalue weighted by molar-refractivity contribution is -0.119. The Morgan fingerprint density at radius 1 is 1.35 bits per heavy atom. The first-order valence-corrected chi connectivity index (χ1v) is 8.74. The maximum absolute atomic E-state index is 11.1. The highest BCUT2D eigenvalue weighted by atomic mass is 32.1. The van der Waals surface area contributed by atoms with Crippen molar-refractivity contribution in [3.63, 3.8) is 0 Å². The number of carbonyl (C=O) groups is 1. The fraction of sp³-hybridized carbons (Fsp3) is 0.500. The summed E-state index contributed by atoms with van der Waals surface area (Å²) < 4.78 is 0. The van der Waals surface area contributed by atoms with Gasteiger partial charge in [-0.2, -0.15) is 0 Å². The van der Waals surface area contributed by atoms with Gasteiger partial charge in [0, 0.05) is 42.9 Å². The van der Waals surface area contributed by atoms with Crippen LogP contribution < -0.4 is 5.32 Å². The predicted molar refractivity (Wildman–Crippen MR) is 88.9 cm³/mol. The average molecular weight is 331 g/mol. The van der Waals surface area contributed by atoms with Crippen LogP contribution in [0.1, 0.15) is 41.9 Å². The molecule has 0 bridgehead atoms. The molecular weight excluding hydrogens is 310 g/mol. The lowest BCUT2D eigenvalue weighted by Crippen LogP contribution is -2.33. The molecule has 1 fully saturated rings. The van der Waals surface area contributed by atoms with E-state index in [4.69, 9.17) is 0 Å². The number of rotatable bonds is 5. The standard InChI is InChI=1S/C16H21N5OS/c1-12(22)20-9-15-16(19-5-4-18-15)13-2-6-21(7-3-13)10-14-8-17-11-23-14/h4-5,8,11,13H,2-3,6-7,9-10H2,1H3,(H,20,22). The molecule has 1 aliphatic heterocycles. The average Bonchev–Trinajstić information content (AvgIpc) is 3.07. The number of hydrogen-bond donors (Lipinski definition) is 1. The van der Waals surface area contributed by atoms with E-state index < -0.39 is 0 Å². The van der Waals surface area contributed by atoms with E-state index in [1.54, 1.807) is 23.7 Å². The molecule has 122 valence electrons. The number of nitrogens with one attached hydrogen (secondary N) is 1. The van der Waals surface area contributed by atoms with Crippen LogP contribution in [-0.2, 0) is 17.9 Å². The molecular formula is C16H21N5OS. The highest BCUT2D eigenvalue weighted by Crippen LogP contribution is 2.29. The number of aromatic nitrogens is 3. The van der Waals surface area contributed by atoms with Gasteiger partial charge in [0.2, 0.25) is 5.91 Å². The molecule has 0 spiro atoms. The SMILES string of the molecule is CC(=O)NCc1nccnc1C1CCN(Cc2cncs2)CC1. The summed E-state index contributed by atoms with van der Waals surface area (Å²) in [5, 5.41) is 2.82. The van der Waals surface area contributed by atoms with E-state index in [1.807, 2.05) is 11.7 Å². The normalized spacial score (nSPS) is 16.4. The monoisotopic (exact) mass is 331 g/mol. The largest absolute Gasteiger partial charge is 0.351 e. The van der Waals surface area contributed by atoms with Gasteiger partial charge < -0.3 is 5.32 Å². The molecule has 1 saturated heterocycles. The summed E-state index contributed by atoms with van der Waals surface area (Å²) in [6.45, 7) is 5.07. The molecule has 1 aliphatic rings. The molecule has 3 rings (SSSR count). The van der Waals surface area contributed by atoms with Crippen LogP contribution in [0.5, 0.6) is 0 Å². The minimum atomic E-state index is -0.0408. The summed E-state index contributed by atoms with van der Waals surface area (Å²) in [7, 11) is 0. The van der Waals surface area contributed by atoms with Gasteiger partial charge >= 0.3 is 0 Å².